The van der Waals surface area contributed by atoms with E-state index in [2.05, 4.69) is 0 Å². The number of halogens is 2. The summed E-state index contributed by atoms with van der Waals surface area (Å²) in [7, 11) is -4.55. The van der Waals surface area contributed by atoms with Crippen LogP contribution in [0.4, 0.5) is 8.78 Å². The van der Waals surface area contributed by atoms with E-state index in [1.165, 1.54) is 0 Å². The quantitative estimate of drug-likeness (QED) is 0.837. The van der Waals surface area contributed by atoms with Gasteiger partial charge in [-0.15, -0.1) is 0 Å². The largest absolute Gasteiger partial charge is 0.480 e. The van der Waals surface area contributed by atoms with Crippen molar-refractivity contribution in [1.82, 2.24) is 0 Å². The molecule has 0 bridgehead atoms. The van der Waals surface area contributed by atoms with Crippen molar-refractivity contribution < 1.29 is 27.1 Å². The van der Waals surface area contributed by atoms with Crippen LogP contribution in [-0.2, 0) is 14.6 Å². The first-order valence-electron chi connectivity index (χ1n) is 6.66. The van der Waals surface area contributed by atoms with E-state index in [0.29, 0.717) is 25.0 Å². The summed E-state index contributed by atoms with van der Waals surface area (Å²) in [6.07, 6.45) is 0.272. The summed E-state index contributed by atoms with van der Waals surface area (Å²) >= 11 is 0. The van der Waals surface area contributed by atoms with Crippen LogP contribution in [0.3, 0.4) is 0 Å². The minimum atomic E-state index is -4.55. The van der Waals surface area contributed by atoms with Crippen LogP contribution in [0.15, 0.2) is 23.1 Å². The highest BCUT2D eigenvalue weighted by Gasteiger charge is 2.51. The van der Waals surface area contributed by atoms with Crippen LogP contribution in [-0.4, -0.2) is 24.2 Å². The van der Waals surface area contributed by atoms with Gasteiger partial charge in [0.2, 0.25) is 0 Å². The Kier molecular flexibility index (Phi) is 5.44. The lowest BCUT2D eigenvalue weighted by molar-refractivity contribution is -0.140. The van der Waals surface area contributed by atoms with Gasteiger partial charge in [-0.2, -0.15) is 0 Å². The van der Waals surface area contributed by atoms with Crippen molar-refractivity contribution in [3.05, 3.63) is 29.8 Å². The van der Waals surface area contributed by atoms with Crippen molar-refractivity contribution >= 4 is 15.8 Å². The number of rotatable bonds is 7. The summed E-state index contributed by atoms with van der Waals surface area (Å²) in [6, 6.07) is 2.01. The van der Waals surface area contributed by atoms with E-state index in [4.69, 9.17) is 0 Å². The molecular formula is C14H18F2O4S. The van der Waals surface area contributed by atoms with Crippen molar-refractivity contribution in [2.75, 3.05) is 0 Å². The fourth-order valence-electron chi connectivity index (χ4n) is 2.42. The Morgan fingerprint density at radius 1 is 1.19 bits per heavy atom. The lowest BCUT2D eigenvalue weighted by Crippen LogP contribution is -2.46. The number of benzene rings is 1. The van der Waals surface area contributed by atoms with Gasteiger partial charge in [0.15, 0.2) is 14.6 Å². The van der Waals surface area contributed by atoms with Crippen LogP contribution in [0.1, 0.15) is 39.5 Å². The monoisotopic (exact) mass is 320 g/mol. The van der Waals surface area contributed by atoms with Crippen LogP contribution in [0.25, 0.3) is 0 Å². The maximum absolute atomic E-state index is 13.8. The molecule has 0 aliphatic heterocycles. The first kappa shape index (κ1) is 17.6. The van der Waals surface area contributed by atoms with Gasteiger partial charge >= 0.3 is 5.97 Å². The molecule has 0 aliphatic rings. The number of aliphatic carboxylic acids is 1. The zero-order chi connectivity index (χ0) is 16.3. The van der Waals surface area contributed by atoms with Gasteiger partial charge in [-0.05, 0) is 31.0 Å². The first-order chi connectivity index (χ1) is 9.72. The molecule has 0 spiro atoms. The molecule has 0 radical (unpaired) electrons. The molecule has 21 heavy (non-hydrogen) atoms. The van der Waals surface area contributed by atoms with E-state index < -0.39 is 37.1 Å². The SMILES string of the molecule is CCCC(CCC)(C(=O)O)S(=O)(=O)c1cc(F)ccc1F. The van der Waals surface area contributed by atoms with Crippen LogP contribution in [0, 0.1) is 11.6 Å². The Morgan fingerprint density at radius 3 is 2.14 bits per heavy atom. The van der Waals surface area contributed by atoms with E-state index >= 15 is 0 Å². The average molecular weight is 320 g/mol. The summed E-state index contributed by atoms with van der Waals surface area (Å²) in [5.74, 6) is -3.61. The molecule has 0 saturated heterocycles. The number of carboxylic acid groups (broad SMARTS) is 1. The van der Waals surface area contributed by atoms with Gasteiger partial charge in [-0.25, -0.2) is 17.2 Å². The Balaban J connectivity index is 3.60. The second kappa shape index (κ2) is 6.51. The molecular weight excluding hydrogens is 302 g/mol. The average Bonchev–Trinajstić information content (AvgIpc) is 2.40. The highest BCUT2D eigenvalue weighted by atomic mass is 32.2. The zero-order valence-corrected chi connectivity index (χ0v) is 12.7. The van der Waals surface area contributed by atoms with Crippen LogP contribution < -0.4 is 0 Å². The van der Waals surface area contributed by atoms with E-state index in [1.807, 2.05) is 0 Å². The van der Waals surface area contributed by atoms with Gasteiger partial charge in [0.1, 0.15) is 16.5 Å². The molecule has 0 heterocycles. The lowest BCUT2D eigenvalue weighted by Gasteiger charge is -2.28. The molecule has 0 amide bonds. The van der Waals surface area contributed by atoms with Gasteiger partial charge in [-0.3, -0.25) is 4.79 Å². The number of carboxylic acids is 1. The molecule has 4 nitrogen and oxygen atoms in total. The maximum Gasteiger partial charge on any atom is 0.325 e. The molecule has 1 rings (SSSR count). The van der Waals surface area contributed by atoms with Gasteiger partial charge in [0, 0.05) is 0 Å². The summed E-state index contributed by atoms with van der Waals surface area (Å²) in [6.45, 7) is 3.29. The zero-order valence-electron chi connectivity index (χ0n) is 11.9. The second-order valence-corrected chi connectivity index (χ2v) is 7.11. The highest BCUT2D eigenvalue weighted by molar-refractivity contribution is 7.93. The summed E-state index contributed by atoms with van der Waals surface area (Å²) in [5.41, 5.74) is 0. The Morgan fingerprint density at radius 2 is 1.71 bits per heavy atom. The van der Waals surface area contributed by atoms with Gasteiger partial charge in [0.05, 0.1) is 0 Å². The fraction of sp³-hybridized carbons (Fsp3) is 0.500. The fourth-order valence-corrected chi connectivity index (χ4v) is 4.61. The molecule has 0 aliphatic carbocycles. The predicted octanol–water partition coefficient (Wildman–Crippen LogP) is 3.16. The van der Waals surface area contributed by atoms with Crippen molar-refractivity contribution in [3.8, 4) is 0 Å². The summed E-state index contributed by atoms with van der Waals surface area (Å²) in [5, 5.41) is 9.45. The second-order valence-electron chi connectivity index (χ2n) is 4.88. The summed E-state index contributed by atoms with van der Waals surface area (Å²) < 4.78 is 50.2. The molecule has 1 N–H and O–H groups in total. The molecule has 0 aromatic heterocycles. The van der Waals surface area contributed by atoms with Crippen LogP contribution >= 0.6 is 0 Å². The number of carbonyl (C=O) groups is 1. The molecule has 0 saturated carbocycles. The van der Waals surface area contributed by atoms with E-state index in [1.54, 1.807) is 13.8 Å². The molecule has 0 fully saturated rings. The molecule has 7 heteroatoms. The van der Waals surface area contributed by atoms with E-state index in [-0.39, 0.29) is 12.8 Å². The van der Waals surface area contributed by atoms with Crippen molar-refractivity contribution in [3.63, 3.8) is 0 Å². The molecule has 0 unspecified atom stereocenters. The van der Waals surface area contributed by atoms with Crippen molar-refractivity contribution in [1.29, 1.82) is 0 Å². The highest BCUT2D eigenvalue weighted by Crippen LogP contribution is 2.36. The molecule has 1 aromatic rings. The minimum absolute atomic E-state index is 0.158. The number of hydrogen-bond acceptors (Lipinski definition) is 3. The Bertz CT molecular complexity index is 620. The van der Waals surface area contributed by atoms with Gasteiger partial charge < -0.3 is 5.11 Å². The molecule has 1 aromatic carbocycles. The summed E-state index contributed by atoms with van der Waals surface area (Å²) in [4.78, 5) is 10.7. The smallest absolute Gasteiger partial charge is 0.325 e. The van der Waals surface area contributed by atoms with Crippen molar-refractivity contribution in [2.24, 2.45) is 0 Å². The van der Waals surface area contributed by atoms with Gasteiger partial charge in [0.25, 0.3) is 0 Å². The number of sulfone groups is 1. The lowest BCUT2D eigenvalue weighted by atomic mass is 9.97. The third kappa shape index (κ3) is 3.07. The van der Waals surface area contributed by atoms with E-state index in [0.717, 1.165) is 6.07 Å². The minimum Gasteiger partial charge on any atom is -0.480 e. The first-order valence-corrected chi connectivity index (χ1v) is 8.14. The van der Waals surface area contributed by atoms with Gasteiger partial charge in [-0.1, -0.05) is 26.7 Å². The topological polar surface area (TPSA) is 71.4 Å². The third-order valence-corrected chi connectivity index (χ3v) is 5.90. The predicted molar refractivity (Wildman–Crippen MR) is 73.7 cm³/mol. The Labute approximate surface area is 122 Å². The van der Waals surface area contributed by atoms with Crippen LogP contribution in [0.5, 0.6) is 0 Å². The normalized spacial score (nSPS) is 12.4. The van der Waals surface area contributed by atoms with Crippen LogP contribution in [0.2, 0.25) is 0 Å². The maximum atomic E-state index is 13.8. The van der Waals surface area contributed by atoms with Crippen molar-refractivity contribution in [2.45, 2.75) is 49.2 Å². The molecule has 118 valence electrons. The third-order valence-electron chi connectivity index (χ3n) is 3.39. The number of hydrogen-bond donors (Lipinski definition) is 1. The molecule has 0 atom stereocenters. The Hall–Kier alpha value is -1.50. The van der Waals surface area contributed by atoms with E-state index in [9.17, 15) is 27.1 Å². The standard InChI is InChI=1S/C14H18F2O4S/c1-3-7-14(8-4-2,13(17)18)21(19,20)12-9-10(15)5-6-11(12)16/h5-6,9H,3-4,7-8H2,1-2H3,(H,17,18).